The normalized spacial score (nSPS) is 12.2. The van der Waals surface area contributed by atoms with Gasteiger partial charge in [0.25, 0.3) is 5.91 Å². The van der Waals surface area contributed by atoms with Crippen molar-refractivity contribution in [2.45, 2.75) is 40.7 Å². The molecule has 0 aliphatic rings. The van der Waals surface area contributed by atoms with Crippen LogP contribution in [0.2, 0.25) is 0 Å². The van der Waals surface area contributed by atoms with Crippen LogP contribution in [0.1, 0.15) is 46.2 Å². The lowest BCUT2D eigenvalue weighted by atomic mass is 10.2. The quantitative estimate of drug-likeness (QED) is 0.932. The first kappa shape index (κ1) is 15.2. The zero-order valence-corrected chi connectivity index (χ0v) is 13.1. The summed E-state index contributed by atoms with van der Waals surface area (Å²) in [7, 11) is 0. The molecule has 0 aromatic carbocycles. The minimum atomic E-state index is -0.152. The third-order valence-corrected chi connectivity index (χ3v) is 3.36. The minimum absolute atomic E-state index is 0.0920. The van der Waals surface area contributed by atoms with Gasteiger partial charge in [0.2, 0.25) is 0 Å². The minimum Gasteiger partial charge on any atom is -0.350 e. The third-order valence-electron chi connectivity index (χ3n) is 3.36. The molecule has 2 aromatic heterocycles. The Labute approximate surface area is 124 Å². The van der Waals surface area contributed by atoms with E-state index in [1.165, 1.54) is 0 Å². The predicted molar refractivity (Wildman–Crippen MR) is 80.3 cm³/mol. The maximum absolute atomic E-state index is 12.2. The van der Waals surface area contributed by atoms with E-state index in [1.807, 2.05) is 38.4 Å². The molecule has 1 atom stereocenters. The van der Waals surface area contributed by atoms with Crippen LogP contribution in [0.4, 0.5) is 0 Å². The van der Waals surface area contributed by atoms with Gasteiger partial charge >= 0.3 is 0 Å². The van der Waals surface area contributed by atoms with Crippen LogP contribution >= 0.6 is 0 Å². The topological polar surface area (TPSA) is 72.7 Å². The number of nitrogens with one attached hydrogen (secondary N) is 1. The Bertz CT molecular complexity index is 662. The predicted octanol–water partition coefficient (Wildman–Crippen LogP) is 1.90. The van der Waals surface area contributed by atoms with E-state index < -0.39 is 0 Å². The van der Waals surface area contributed by atoms with Crippen LogP contribution in [0, 0.1) is 27.7 Å². The number of carbonyl (C=O) groups is 1. The number of nitrogens with zero attached hydrogens (tertiary/aromatic N) is 4. The smallest absolute Gasteiger partial charge is 0.254 e. The van der Waals surface area contributed by atoms with Crippen LogP contribution in [-0.4, -0.2) is 32.2 Å². The summed E-state index contributed by atoms with van der Waals surface area (Å²) in [4.78, 5) is 20.5. The molecule has 0 aliphatic carbocycles. The SMILES string of the molecule is Cc1cc(C)n([C@H](C)CNC(=O)c2cnc(C)nc2C)n1. The van der Waals surface area contributed by atoms with Gasteiger partial charge in [0, 0.05) is 18.4 Å². The fourth-order valence-corrected chi connectivity index (χ4v) is 2.32. The van der Waals surface area contributed by atoms with Crippen molar-refractivity contribution >= 4 is 5.91 Å². The molecule has 2 aromatic rings. The van der Waals surface area contributed by atoms with E-state index in [-0.39, 0.29) is 11.9 Å². The summed E-state index contributed by atoms with van der Waals surface area (Å²) >= 11 is 0. The maximum Gasteiger partial charge on any atom is 0.254 e. The first-order chi connectivity index (χ1) is 9.88. The van der Waals surface area contributed by atoms with Crippen molar-refractivity contribution in [1.82, 2.24) is 25.1 Å². The lowest BCUT2D eigenvalue weighted by Crippen LogP contribution is -2.31. The highest BCUT2D eigenvalue weighted by Crippen LogP contribution is 2.10. The monoisotopic (exact) mass is 287 g/mol. The Morgan fingerprint density at radius 3 is 2.62 bits per heavy atom. The molecule has 0 aliphatic heterocycles. The molecule has 0 saturated carbocycles. The summed E-state index contributed by atoms with van der Waals surface area (Å²) in [5.74, 6) is 0.515. The van der Waals surface area contributed by atoms with E-state index in [1.54, 1.807) is 13.1 Å². The molecule has 0 radical (unpaired) electrons. The Morgan fingerprint density at radius 1 is 1.33 bits per heavy atom. The van der Waals surface area contributed by atoms with Gasteiger partial charge in [-0.15, -0.1) is 0 Å². The summed E-state index contributed by atoms with van der Waals surface area (Å²) in [6.07, 6.45) is 1.57. The second-order valence-corrected chi connectivity index (χ2v) is 5.35. The highest BCUT2D eigenvalue weighted by molar-refractivity contribution is 5.94. The van der Waals surface area contributed by atoms with E-state index >= 15 is 0 Å². The molecule has 6 heteroatoms. The number of rotatable bonds is 4. The molecule has 0 fully saturated rings. The average Bonchev–Trinajstić information content (AvgIpc) is 2.74. The molecule has 21 heavy (non-hydrogen) atoms. The number of carbonyl (C=O) groups excluding carboxylic acids is 1. The van der Waals surface area contributed by atoms with Gasteiger partial charge in [-0.25, -0.2) is 9.97 Å². The van der Waals surface area contributed by atoms with Crippen LogP contribution in [-0.2, 0) is 0 Å². The van der Waals surface area contributed by atoms with Crippen LogP contribution in [0.5, 0.6) is 0 Å². The molecular formula is C15H21N5O. The first-order valence-electron chi connectivity index (χ1n) is 6.99. The van der Waals surface area contributed by atoms with Crippen LogP contribution in [0.3, 0.4) is 0 Å². The number of aromatic nitrogens is 4. The van der Waals surface area contributed by atoms with Gasteiger partial charge in [-0.2, -0.15) is 5.10 Å². The molecule has 0 spiro atoms. The van der Waals surface area contributed by atoms with Gasteiger partial charge in [-0.05, 0) is 40.7 Å². The number of hydrogen-bond acceptors (Lipinski definition) is 4. The van der Waals surface area contributed by atoms with Gasteiger partial charge in [0.1, 0.15) is 5.82 Å². The fourth-order valence-electron chi connectivity index (χ4n) is 2.32. The standard InChI is InChI=1S/C15H21N5O/c1-9-6-10(2)20(19-9)11(3)7-17-15(21)14-8-16-13(5)18-12(14)4/h6,8,11H,7H2,1-5H3,(H,17,21)/t11-/m1/s1. The van der Waals surface area contributed by atoms with Crippen molar-refractivity contribution in [1.29, 1.82) is 0 Å². The number of amides is 1. The molecule has 1 amide bonds. The number of aryl methyl sites for hydroxylation is 4. The molecule has 0 unspecified atom stereocenters. The van der Waals surface area contributed by atoms with Gasteiger partial charge in [0.15, 0.2) is 0 Å². The van der Waals surface area contributed by atoms with Gasteiger partial charge in [-0.1, -0.05) is 0 Å². The molecule has 0 saturated heterocycles. The molecule has 2 heterocycles. The van der Waals surface area contributed by atoms with Crippen molar-refractivity contribution in [2.75, 3.05) is 6.54 Å². The zero-order valence-electron chi connectivity index (χ0n) is 13.1. The second kappa shape index (κ2) is 6.03. The largest absolute Gasteiger partial charge is 0.350 e. The third kappa shape index (κ3) is 3.45. The van der Waals surface area contributed by atoms with Crippen LogP contribution in [0.15, 0.2) is 12.3 Å². The van der Waals surface area contributed by atoms with Crippen molar-refractivity contribution < 1.29 is 4.79 Å². The summed E-state index contributed by atoms with van der Waals surface area (Å²) in [6, 6.07) is 2.12. The van der Waals surface area contributed by atoms with E-state index in [0.29, 0.717) is 23.6 Å². The summed E-state index contributed by atoms with van der Waals surface area (Å²) in [5.41, 5.74) is 3.28. The maximum atomic E-state index is 12.2. The van der Waals surface area contributed by atoms with E-state index in [2.05, 4.69) is 20.4 Å². The molecule has 6 nitrogen and oxygen atoms in total. The van der Waals surface area contributed by atoms with Gasteiger partial charge in [0.05, 0.1) is 23.0 Å². The fraction of sp³-hybridized carbons (Fsp3) is 0.467. The van der Waals surface area contributed by atoms with Crippen LogP contribution < -0.4 is 5.32 Å². The number of hydrogen-bond donors (Lipinski definition) is 1. The Hall–Kier alpha value is -2.24. The van der Waals surface area contributed by atoms with Crippen molar-refractivity contribution in [3.05, 3.63) is 40.7 Å². The molecule has 1 N–H and O–H groups in total. The first-order valence-corrected chi connectivity index (χ1v) is 6.99. The lowest BCUT2D eigenvalue weighted by Gasteiger charge is -2.15. The van der Waals surface area contributed by atoms with Gasteiger partial charge in [-0.3, -0.25) is 9.48 Å². The highest BCUT2D eigenvalue weighted by atomic mass is 16.1. The molecule has 112 valence electrons. The Kier molecular flexibility index (Phi) is 4.35. The highest BCUT2D eigenvalue weighted by Gasteiger charge is 2.14. The molecule has 0 bridgehead atoms. The summed E-state index contributed by atoms with van der Waals surface area (Å²) in [6.45, 7) is 10.1. The van der Waals surface area contributed by atoms with Crippen molar-refractivity contribution in [3.8, 4) is 0 Å². The summed E-state index contributed by atoms with van der Waals surface area (Å²) in [5, 5.41) is 7.34. The summed E-state index contributed by atoms with van der Waals surface area (Å²) < 4.78 is 1.92. The van der Waals surface area contributed by atoms with Crippen molar-refractivity contribution in [2.24, 2.45) is 0 Å². The van der Waals surface area contributed by atoms with E-state index in [4.69, 9.17) is 0 Å². The molecular weight excluding hydrogens is 266 g/mol. The van der Waals surface area contributed by atoms with E-state index in [0.717, 1.165) is 11.4 Å². The Balaban J connectivity index is 2.02. The molecule has 2 rings (SSSR count). The van der Waals surface area contributed by atoms with Crippen LogP contribution in [0.25, 0.3) is 0 Å². The lowest BCUT2D eigenvalue weighted by molar-refractivity contribution is 0.0946. The van der Waals surface area contributed by atoms with Gasteiger partial charge < -0.3 is 5.32 Å². The second-order valence-electron chi connectivity index (χ2n) is 5.35. The van der Waals surface area contributed by atoms with E-state index in [9.17, 15) is 4.79 Å². The van der Waals surface area contributed by atoms with Crippen molar-refractivity contribution in [3.63, 3.8) is 0 Å². The zero-order chi connectivity index (χ0) is 15.6. The Morgan fingerprint density at radius 2 is 2.05 bits per heavy atom. The average molecular weight is 287 g/mol.